The molecule has 2 atom stereocenters. The van der Waals surface area contributed by atoms with Gasteiger partial charge in [0.25, 0.3) is 0 Å². The van der Waals surface area contributed by atoms with Crippen molar-refractivity contribution in [3.63, 3.8) is 0 Å². The fraction of sp³-hybridized carbons (Fsp3) is 0.750. The Morgan fingerprint density at radius 2 is 2.40 bits per heavy atom. The number of ether oxygens (including phenoxy) is 2. The Bertz CT molecular complexity index is 440. The van der Waals surface area contributed by atoms with Crippen molar-refractivity contribution in [2.45, 2.75) is 31.7 Å². The van der Waals surface area contributed by atoms with Gasteiger partial charge in [0, 0.05) is 6.61 Å². The van der Waals surface area contributed by atoms with Crippen LogP contribution in [0.5, 0.6) is 0 Å². The molecule has 2 heterocycles. The van der Waals surface area contributed by atoms with E-state index in [1.165, 1.54) is 11.8 Å². The number of hydrogen-bond acceptors (Lipinski definition) is 7. The van der Waals surface area contributed by atoms with Crippen LogP contribution < -0.4 is 5.32 Å². The van der Waals surface area contributed by atoms with Crippen molar-refractivity contribution in [1.82, 2.24) is 15.5 Å². The van der Waals surface area contributed by atoms with E-state index in [9.17, 15) is 4.79 Å². The minimum absolute atomic E-state index is 0.0357. The summed E-state index contributed by atoms with van der Waals surface area (Å²) >= 11 is 1.44. The predicted octanol–water partition coefficient (Wildman–Crippen LogP) is 0.531. The second-order valence-corrected chi connectivity index (χ2v) is 5.42. The molecule has 112 valence electrons. The van der Waals surface area contributed by atoms with Gasteiger partial charge in [0.1, 0.15) is 6.10 Å². The normalized spacial score (nSPS) is 22.1. The number of amides is 1. The number of aryl methyl sites for hydroxylation is 1. The maximum atomic E-state index is 11.8. The molecule has 1 amide bonds. The first kappa shape index (κ1) is 15.3. The molecule has 0 aliphatic carbocycles. The van der Waals surface area contributed by atoms with E-state index in [0.717, 1.165) is 0 Å². The average molecular weight is 301 g/mol. The Kier molecular flexibility index (Phi) is 5.81. The highest BCUT2D eigenvalue weighted by molar-refractivity contribution is 7.99. The molecule has 20 heavy (non-hydrogen) atoms. The Morgan fingerprint density at radius 3 is 3.10 bits per heavy atom. The maximum Gasteiger partial charge on any atom is 0.236 e. The van der Waals surface area contributed by atoms with Gasteiger partial charge < -0.3 is 19.3 Å². The zero-order valence-corrected chi connectivity index (χ0v) is 12.4. The third-order valence-corrected chi connectivity index (χ3v) is 3.70. The predicted molar refractivity (Wildman–Crippen MR) is 73.4 cm³/mol. The molecular formula is C12H19N3O4S. The molecular weight excluding hydrogens is 282 g/mol. The fourth-order valence-electron chi connectivity index (χ4n) is 1.93. The first-order chi connectivity index (χ1) is 9.69. The molecule has 1 saturated heterocycles. The summed E-state index contributed by atoms with van der Waals surface area (Å²) < 4.78 is 15.8. The van der Waals surface area contributed by atoms with Crippen LogP contribution in [0.3, 0.4) is 0 Å². The van der Waals surface area contributed by atoms with E-state index in [1.807, 2.05) is 6.92 Å². The SMILES string of the molecule is CCO[C@H]1COC[C@@H]1NC(=O)CSCc1nc(C)no1. The van der Waals surface area contributed by atoms with Crippen molar-refractivity contribution < 1.29 is 18.8 Å². The zero-order valence-electron chi connectivity index (χ0n) is 11.6. The van der Waals surface area contributed by atoms with Crippen LogP contribution in [0.2, 0.25) is 0 Å². The third-order valence-electron chi connectivity index (χ3n) is 2.78. The third kappa shape index (κ3) is 4.46. The van der Waals surface area contributed by atoms with Gasteiger partial charge in [-0.2, -0.15) is 4.98 Å². The molecule has 0 unspecified atom stereocenters. The molecule has 0 bridgehead atoms. The zero-order chi connectivity index (χ0) is 14.4. The van der Waals surface area contributed by atoms with Crippen molar-refractivity contribution >= 4 is 17.7 Å². The first-order valence-electron chi connectivity index (χ1n) is 6.54. The lowest BCUT2D eigenvalue weighted by Gasteiger charge is -2.18. The van der Waals surface area contributed by atoms with Gasteiger partial charge >= 0.3 is 0 Å². The van der Waals surface area contributed by atoms with Crippen LogP contribution in [-0.2, 0) is 20.0 Å². The summed E-state index contributed by atoms with van der Waals surface area (Å²) in [6.45, 7) is 5.35. The number of aromatic nitrogens is 2. The lowest BCUT2D eigenvalue weighted by molar-refractivity contribution is -0.120. The number of hydrogen-bond donors (Lipinski definition) is 1. The number of carbonyl (C=O) groups is 1. The highest BCUT2D eigenvalue weighted by Gasteiger charge is 2.29. The van der Waals surface area contributed by atoms with Gasteiger partial charge in [-0.05, 0) is 13.8 Å². The molecule has 8 heteroatoms. The monoisotopic (exact) mass is 301 g/mol. The van der Waals surface area contributed by atoms with E-state index in [4.69, 9.17) is 14.0 Å². The van der Waals surface area contributed by atoms with Gasteiger partial charge in [-0.3, -0.25) is 4.79 Å². The first-order valence-corrected chi connectivity index (χ1v) is 7.70. The van der Waals surface area contributed by atoms with E-state index in [1.54, 1.807) is 6.92 Å². The van der Waals surface area contributed by atoms with E-state index in [-0.39, 0.29) is 18.1 Å². The van der Waals surface area contributed by atoms with Gasteiger partial charge in [0.2, 0.25) is 11.8 Å². The standard InChI is InChI=1S/C12H19N3O4S/c1-3-18-10-5-17-4-9(10)14-11(16)6-20-7-12-13-8(2)15-19-12/h9-10H,3-7H2,1-2H3,(H,14,16)/t9-,10-/m0/s1. The van der Waals surface area contributed by atoms with E-state index >= 15 is 0 Å². The van der Waals surface area contributed by atoms with Gasteiger partial charge in [-0.1, -0.05) is 5.16 Å². The second-order valence-electron chi connectivity index (χ2n) is 4.43. The van der Waals surface area contributed by atoms with E-state index in [0.29, 0.717) is 43.0 Å². The quantitative estimate of drug-likeness (QED) is 0.786. The lowest BCUT2D eigenvalue weighted by atomic mass is 10.2. The Hall–Kier alpha value is -1.12. The van der Waals surface area contributed by atoms with Gasteiger partial charge in [0.15, 0.2) is 5.82 Å². The van der Waals surface area contributed by atoms with Crippen LogP contribution in [0.4, 0.5) is 0 Å². The van der Waals surface area contributed by atoms with Crippen LogP contribution in [0.15, 0.2) is 4.52 Å². The van der Waals surface area contributed by atoms with E-state index in [2.05, 4.69) is 15.5 Å². The molecule has 1 aliphatic heterocycles. The lowest BCUT2D eigenvalue weighted by Crippen LogP contribution is -2.44. The van der Waals surface area contributed by atoms with Crippen molar-refractivity contribution in [2.24, 2.45) is 0 Å². The smallest absolute Gasteiger partial charge is 0.236 e. The summed E-state index contributed by atoms with van der Waals surface area (Å²) in [5.74, 6) is 1.98. The maximum absolute atomic E-state index is 11.8. The Morgan fingerprint density at radius 1 is 1.55 bits per heavy atom. The van der Waals surface area contributed by atoms with Crippen molar-refractivity contribution in [1.29, 1.82) is 0 Å². The minimum Gasteiger partial charge on any atom is -0.376 e. The summed E-state index contributed by atoms with van der Waals surface area (Å²) in [6.07, 6.45) is -0.0486. The minimum atomic E-state index is -0.0614. The Labute approximate surface area is 121 Å². The van der Waals surface area contributed by atoms with Crippen molar-refractivity contribution in [3.05, 3.63) is 11.7 Å². The molecule has 2 rings (SSSR count). The molecule has 0 radical (unpaired) electrons. The molecule has 1 aliphatic rings. The second kappa shape index (κ2) is 7.61. The molecule has 1 N–H and O–H groups in total. The summed E-state index contributed by atoms with van der Waals surface area (Å²) in [5.41, 5.74) is 0. The molecule has 0 spiro atoms. The summed E-state index contributed by atoms with van der Waals surface area (Å²) in [7, 11) is 0. The van der Waals surface area contributed by atoms with E-state index < -0.39 is 0 Å². The summed E-state index contributed by atoms with van der Waals surface area (Å²) in [5, 5.41) is 6.62. The largest absolute Gasteiger partial charge is 0.376 e. The highest BCUT2D eigenvalue weighted by Crippen LogP contribution is 2.12. The number of thioether (sulfide) groups is 1. The summed E-state index contributed by atoms with van der Waals surface area (Å²) in [6, 6.07) is -0.0614. The topological polar surface area (TPSA) is 86.5 Å². The van der Waals surface area contributed by atoms with Crippen LogP contribution in [0.1, 0.15) is 18.6 Å². The van der Waals surface area contributed by atoms with Crippen LogP contribution >= 0.6 is 11.8 Å². The van der Waals surface area contributed by atoms with Crippen LogP contribution in [0.25, 0.3) is 0 Å². The molecule has 1 aromatic rings. The number of nitrogens with one attached hydrogen (secondary N) is 1. The summed E-state index contributed by atoms with van der Waals surface area (Å²) in [4.78, 5) is 15.9. The fourth-order valence-corrected chi connectivity index (χ4v) is 2.59. The number of carbonyl (C=O) groups excluding carboxylic acids is 1. The number of rotatable bonds is 7. The number of nitrogens with zero attached hydrogens (tertiary/aromatic N) is 2. The van der Waals surface area contributed by atoms with Crippen molar-refractivity contribution in [3.8, 4) is 0 Å². The Balaban J connectivity index is 1.67. The van der Waals surface area contributed by atoms with Gasteiger partial charge in [-0.15, -0.1) is 11.8 Å². The highest BCUT2D eigenvalue weighted by atomic mass is 32.2. The van der Waals surface area contributed by atoms with Gasteiger partial charge in [-0.25, -0.2) is 0 Å². The van der Waals surface area contributed by atoms with Crippen LogP contribution in [0, 0.1) is 6.92 Å². The molecule has 0 saturated carbocycles. The van der Waals surface area contributed by atoms with Crippen molar-refractivity contribution in [2.75, 3.05) is 25.6 Å². The average Bonchev–Trinajstić information content (AvgIpc) is 3.00. The molecule has 1 aromatic heterocycles. The molecule has 1 fully saturated rings. The molecule has 7 nitrogen and oxygen atoms in total. The molecule has 0 aromatic carbocycles. The van der Waals surface area contributed by atoms with Crippen LogP contribution in [-0.4, -0.2) is 53.8 Å². The van der Waals surface area contributed by atoms with Gasteiger partial charge in [0.05, 0.1) is 30.8 Å².